The number of esters is 3. The van der Waals surface area contributed by atoms with Gasteiger partial charge >= 0.3 is 17.9 Å². The van der Waals surface area contributed by atoms with E-state index in [0.29, 0.717) is 13.2 Å². The lowest BCUT2D eigenvalue weighted by Crippen LogP contribution is -2.41. The number of cyclic esters (lactones) is 2. The van der Waals surface area contributed by atoms with Gasteiger partial charge in [0, 0.05) is 20.4 Å². The molecule has 0 unspecified atom stereocenters. The second-order valence-corrected chi connectivity index (χ2v) is 4.97. The van der Waals surface area contributed by atoms with Gasteiger partial charge in [0.1, 0.15) is 12.1 Å². The lowest BCUT2D eigenvalue weighted by atomic mass is 10.2. The van der Waals surface area contributed by atoms with Crippen LogP contribution in [0.1, 0.15) is 27.7 Å². The van der Waals surface area contributed by atoms with E-state index in [9.17, 15) is 14.4 Å². The molecule has 0 atom stereocenters. The van der Waals surface area contributed by atoms with Gasteiger partial charge < -0.3 is 19.1 Å². The van der Waals surface area contributed by atoms with Gasteiger partial charge in [-0.15, -0.1) is 0 Å². The number of ether oxygens (including phenoxy) is 3. The minimum Gasteiger partial charge on any atom is -0.465 e. The largest absolute Gasteiger partial charge is 0.465 e. The Kier molecular flexibility index (Phi) is 6.15. The van der Waals surface area contributed by atoms with Crippen molar-refractivity contribution in [2.75, 3.05) is 19.7 Å². The number of hydrogen-bond acceptors (Lipinski definition) is 7. The van der Waals surface area contributed by atoms with Crippen LogP contribution < -0.4 is 0 Å². The zero-order valence-electron chi connectivity index (χ0n) is 13.3. The molecule has 0 aromatic carbocycles. The summed E-state index contributed by atoms with van der Waals surface area (Å²) in [7, 11) is 0. The lowest BCUT2D eigenvalue weighted by Gasteiger charge is -2.29. The van der Waals surface area contributed by atoms with Crippen LogP contribution in [0.4, 0.5) is 0 Å². The van der Waals surface area contributed by atoms with Crippen LogP contribution in [0, 0.1) is 0 Å². The first kappa shape index (κ1) is 17.7. The molecule has 0 spiro atoms. The van der Waals surface area contributed by atoms with Crippen molar-refractivity contribution in [2.24, 2.45) is 0 Å². The standard InChI is InChI=1S/C15H21NO6/c1-5-16(10-12(17)20-6-2)9-7-8-11-13(18)21-15(3,4)22-14(11)19/h7-9H,5-6,10H2,1-4H3/b9-7+. The number of hydrogen-bond donors (Lipinski definition) is 0. The van der Waals surface area contributed by atoms with E-state index in [1.165, 1.54) is 26.0 Å². The lowest BCUT2D eigenvalue weighted by molar-refractivity contribution is -0.222. The number of nitrogens with zero attached hydrogens (tertiary/aromatic N) is 1. The van der Waals surface area contributed by atoms with E-state index < -0.39 is 17.7 Å². The van der Waals surface area contributed by atoms with Crippen LogP contribution in [0.5, 0.6) is 0 Å². The van der Waals surface area contributed by atoms with Crippen molar-refractivity contribution in [3.05, 3.63) is 23.9 Å². The van der Waals surface area contributed by atoms with Crippen LogP contribution in [0.3, 0.4) is 0 Å². The Morgan fingerprint density at radius 2 is 1.82 bits per heavy atom. The molecular formula is C15H21NO6. The Morgan fingerprint density at radius 1 is 1.23 bits per heavy atom. The van der Waals surface area contributed by atoms with Crippen LogP contribution in [0.25, 0.3) is 0 Å². The van der Waals surface area contributed by atoms with Gasteiger partial charge in [0.2, 0.25) is 0 Å². The van der Waals surface area contributed by atoms with Crippen molar-refractivity contribution in [3.8, 4) is 0 Å². The first-order valence-electron chi connectivity index (χ1n) is 7.04. The zero-order valence-corrected chi connectivity index (χ0v) is 13.3. The summed E-state index contributed by atoms with van der Waals surface area (Å²) < 4.78 is 14.8. The van der Waals surface area contributed by atoms with E-state index in [0.717, 1.165) is 0 Å². The van der Waals surface area contributed by atoms with Crippen molar-refractivity contribution >= 4 is 17.9 Å². The summed E-state index contributed by atoms with van der Waals surface area (Å²) in [5.41, 5.74) is -0.192. The highest BCUT2D eigenvalue weighted by atomic mass is 16.7. The highest BCUT2D eigenvalue weighted by Crippen LogP contribution is 2.22. The first-order valence-corrected chi connectivity index (χ1v) is 7.04. The highest BCUT2D eigenvalue weighted by molar-refractivity contribution is 6.15. The zero-order chi connectivity index (χ0) is 16.8. The molecule has 0 amide bonds. The molecule has 1 fully saturated rings. The van der Waals surface area contributed by atoms with E-state index in [-0.39, 0.29) is 18.1 Å². The molecule has 0 saturated carbocycles. The van der Waals surface area contributed by atoms with Crippen molar-refractivity contribution in [2.45, 2.75) is 33.5 Å². The quantitative estimate of drug-likeness (QED) is 0.413. The van der Waals surface area contributed by atoms with E-state index in [1.54, 1.807) is 18.0 Å². The van der Waals surface area contributed by atoms with Crippen LogP contribution in [-0.4, -0.2) is 48.3 Å². The topological polar surface area (TPSA) is 82.1 Å². The Morgan fingerprint density at radius 3 is 2.32 bits per heavy atom. The predicted octanol–water partition coefficient (Wildman–Crippen LogP) is 1.15. The van der Waals surface area contributed by atoms with Gasteiger partial charge in [-0.05, 0) is 32.2 Å². The van der Waals surface area contributed by atoms with Gasteiger partial charge in [-0.2, -0.15) is 0 Å². The fourth-order valence-electron chi connectivity index (χ4n) is 1.70. The Labute approximate surface area is 129 Å². The SMILES string of the molecule is CCOC(=O)CN(/C=C/C=C1C(=O)OC(C)(C)OC1=O)CC. The van der Waals surface area contributed by atoms with Gasteiger partial charge in [0.05, 0.1) is 6.61 Å². The van der Waals surface area contributed by atoms with E-state index >= 15 is 0 Å². The molecule has 1 aliphatic heterocycles. The van der Waals surface area contributed by atoms with Gasteiger partial charge in [-0.1, -0.05) is 0 Å². The van der Waals surface area contributed by atoms with Crippen LogP contribution >= 0.6 is 0 Å². The van der Waals surface area contributed by atoms with Crippen LogP contribution in [0.15, 0.2) is 23.9 Å². The molecule has 0 aliphatic carbocycles. The molecule has 1 heterocycles. The summed E-state index contributed by atoms with van der Waals surface area (Å²) in [6, 6.07) is 0. The maximum Gasteiger partial charge on any atom is 0.348 e. The van der Waals surface area contributed by atoms with E-state index in [1.807, 2.05) is 6.92 Å². The maximum atomic E-state index is 11.7. The fourth-order valence-corrected chi connectivity index (χ4v) is 1.70. The third-order valence-electron chi connectivity index (χ3n) is 2.72. The van der Waals surface area contributed by atoms with Crippen LogP contribution in [-0.2, 0) is 28.6 Å². The second kappa shape index (κ2) is 7.63. The molecule has 122 valence electrons. The summed E-state index contributed by atoms with van der Waals surface area (Å²) in [5.74, 6) is -3.08. The molecular weight excluding hydrogens is 290 g/mol. The Balaban J connectivity index is 2.70. The molecule has 22 heavy (non-hydrogen) atoms. The average molecular weight is 311 g/mol. The van der Waals surface area contributed by atoms with Gasteiger partial charge in [-0.25, -0.2) is 9.59 Å². The molecule has 1 rings (SSSR count). The number of allylic oxidation sites excluding steroid dienone is 2. The minimum atomic E-state index is -1.26. The smallest absolute Gasteiger partial charge is 0.348 e. The number of rotatable bonds is 6. The summed E-state index contributed by atoms with van der Waals surface area (Å²) in [6.45, 7) is 7.53. The molecule has 7 heteroatoms. The summed E-state index contributed by atoms with van der Waals surface area (Å²) in [4.78, 5) is 36.5. The van der Waals surface area contributed by atoms with Crippen LogP contribution in [0.2, 0.25) is 0 Å². The minimum absolute atomic E-state index is 0.0892. The predicted molar refractivity (Wildman–Crippen MR) is 77.4 cm³/mol. The monoisotopic (exact) mass is 311 g/mol. The number of likely N-dealkylation sites (N-methyl/N-ethyl adjacent to an activating group) is 1. The van der Waals surface area contributed by atoms with Gasteiger partial charge in [0.15, 0.2) is 0 Å². The Hall–Kier alpha value is -2.31. The first-order chi connectivity index (χ1) is 10.3. The van der Waals surface area contributed by atoms with Crippen molar-refractivity contribution in [3.63, 3.8) is 0 Å². The highest BCUT2D eigenvalue weighted by Gasteiger charge is 2.38. The Bertz CT molecular complexity index is 484. The van der Waals surface area contributed by atoms with Gasteiger partial charge in [-0.3, -0.25) is 4.79 Å². The van der Waals surface area contributed by atoms with E-state index in [4.69, 9.17) is 14.2 Å². The molecule has 1 saturated heterocycles. The third kappa shape index (κ3) is 5.23. The summed E-state index contributed by atoms with van der Waals surface area (Å²) >= 11 is 0. The van der Waals surface area contributed by atoms with E-state index in [2.05, 4.69) is 0 Å². The molecule has 0 aromatic heterocycles. The second-order valence-electron chi connectivity index (χ2n) is 4.97. The number of carbonyl (C=O) groups excluding carboxylic acids is 3. The van der Waals surface area contributed by atoms with Crippen molar-refractivity contribution in [1.82, 2.24) is 4.90 Å². The summed E-state index contributed by atoms with van der Waals surface area (Å²) in [6.07, 6.45) is 4.37. The molecule has 0 N–H and O–H groups in total. The van der Waals surface area contributed by atoms with Crippen molar-refractivity contribution in [1.29, 1.82) is 0 Å². The molecule has 7 nitrogen and oxygen atoms in total. The summed E-state index contributed by atoms with van der Waals surface area (Å²) in [5, 5.41) is 0. The van der Waals surface area contributed by atoms with Gasteiger partial charge in [0.25, 0.3) is 5.79 Å². The third-order valence-corrected chi connectivity index (χ3v) is 2.72. The normalized spacial score (nSPS) is 17.0. The average Bonchev–Trinajstić information content (AvgIpc) is 2.39. The fraction of sp³-hybridized carbons (Fsp3) is 0.533. The molecule has 0 radical (unpaired) electrons. The maximum absolute atomic E-state index is 11.7. The van der Waals surface area contributed by atoms with Crippen molar-refractivity contribution < 1.29 is 28.6 Å². The molecule has 1 aliphatic rings. The molecule has 0 bridgehead atoms. The number of carbonyl (C=O) groups is 3. The molecule has 0 aromatic rings.